The maximum atomic E-state index is 12.9. The highest BCUT2D eigenvalue weighted by Gasteiger charge is 2.16. The second kappa shape index (κ2) is 5.88. The maximum absolute atomic E-state index is 12.9. The predicted molar refractivity (Wildman–Crippen MR) is 75.5 cm³/mol. The molecule has 0 spiro atoms. The van der Waals surface area contributed by atoms with Gasteiger partial charge in [0.05, 0.1) is 15.6 Å². The van der Waals surface area contributed by atoms with Crippen LogP contribution in [0.3, 0.4) is 0 Å². The van der Waals surface area contributed by atoms with Crippen molar-refractivity contribution in [1.82, 2.24) is 4.98 Å². The topological polar surface area (TPSA) is 24.9 Å². The summed E-state index contributed by atoms with van der Waals surface area (Å²) < 4.78 is 25.7. The van der Waals surface area contributed by atoms with Gasteiger partial charge in [-0.25, -0.2) is 13.8 Å². The highest BCUT2D eigenvalue weighted by molar-refractivity contribution is 6.45. The van der Waals surface area contributed by atoms with Crippen LogP contribution < -0.4 is 5.32 Å². The number of alkyl halides is 2. The molecule has 0 fully saturated rings. The number of hydrogen-bond acceptors (Lipinski definition) is 2. The Kier molecular flexibility index (Phi) is 4.42. The molecule has 1 N–H and O–H groups in total. The van der Waals surface area contributed by atoms with Gasteiger partial charge in [0.1, 0.15) is 5.69 Å². The number of rotatable bonds is 4. The monoisotopic (exact) mass is 304 g/mol. The van der Waals surface area contributed by atoms with Crippen LogP contribution in [0.15, 0.2) is 18.2 Å². The van der Waals surface area contributed by atoms with E-state index in [1.165, 1.54) is 6.07 Å². The zero-order chi connectivity index (χ0) is 14.0. The Balaban J connectivity index is 2.67. The molecule has 0 aliphatic carbocycles. The van der Waals surface area contributed by atoms with Crippen molar-refractivity contribution in [2.75, 3.05) is 11.9 Å². The van der Waals surface area contributed by atoms with Gasteiger partial charge in [-0.1, -0.05) is 30.1 Å². The fourth-order valence-corrected chi connectivity index (χ4v) is 2.13. The average Bonchev–Trinajstić information content (AvgIpc) is 2.40. The molecule has 0 aliphatic rings. The number of nitrogens with zero attached hydrogens (tertiary/aromatic N) is 1. The molecule has 0 saturated heterocycles. The van der Waals surface area contributed by atoms with Gasteiger partial charge in [0, 0.05) is 17.6 Å². The van der Waals surface area contributed by atoms with Crippen LogP contribution in [0.25, 0.3) is 10.9 Å². The van der Waals surface area contributed by atoms with Crippen molar-refractivity contribution in [3.63, 3.8) is 0 Å². The first-order valence-corrected chi connectivity index (χ1v) is 6.60. The molecule has 0 aliphatic heterocycles. The third kappa shape index (κ3) is 2.90. The van der Waals surface area contributed by atoms with E-state index in [4.69, 9.17) is 23.2 Å². The molecule has 0 atom stereocenters. The molecule has 102 valence electrons. The molecule has 2 nitrogen and oxygen atoms in total. The zero-order valence-corrected chi connectivity index (χ0v) is 11.7. The number of nitrogens with one attached hydrogen (secondary N) is 1. The third-order valence-electron chi connectivity index (χ3n) is 2.68. The minimum atomic E-state index is -2.65. The lowest BCUT2D eigenvalue weighted by Crippen LogP contribution is -2.03. The molecule has 0 saturated carbocycles. The molecule has 0 unspecified atom stereocenters. The van der Waals surface area contributed by atoms with Gasteiger partial charge in [-0.2, -0.15) is 0 Å². The van der Waals surface area contributed by atoms with Crippen molar-refractivity contribution in [1.29, 1.82) is 0 Å². The van der Waals surface area contributed by atoms with Crippen molar-refractivity contribution >= 4 is 39.8 Å². The lowest BCUT2D eigenvalue weighted by molar-refractivity contribution is 0.146. The molecular weight excluding hydrogens is 293 g/mol. The number of pyridine rings is 1. The Labute approximate surface area is 119 Å². The van der Waals surface area contributed by atoms with Crippen molar-refractivity contribution in [3.05, 3.63) is 33.9 Å². The average molecular weight is 305 g/mol. The highest BCUT2D eigenvalue weighted by atomic mass is 35.5. The summed E-state index contributed by atoms with van der Waals surface area (Å²) in [5.41, 5.74) is 0.585. The summed E-state index contributed by atoms with van der Waals surface area (Å²) >= 11 is 11.9. The minimum Gasteiger partial charge on any atom is -0.384 e. The van der Waals surface area contributed by atoms with Gasteiger partial charge in [0.2, 0.25) is 0 Å². The van der Waals surface area contributed by atoms with E-state index >= 15 is 0 Å². The molecule has 1 aromatic carbocycles. The van der Waals surface area contributed by atoms with Crippen LogP contribution in [0.4, 0.5) is 14.5 Å². The van der Waals surface area contributed by atoms with Gasteiger partial charge < -0.3 is 5.32 Å². The Hall–Kier alpha value is -1.13. The summed E-state index contributed by atoms with van der Waals surface area (Å²) in [4.78, 5) is 3.90. The first-order chi connectivity index (χ1) is 9.04. The van der Waals surface area contributed by atoms with Crippen LogP contribution in [0.1, 0.15) is 25.5 Å². The lowest BCUT2D eigenvalue weighted by Gasteiger charge is -2.12. The molecule has 1 heterocycles. The molecule has 2 aromatic rings. The van der Waals surface area contributed by atoms with Crippen molar-refractivity contribution in [2.45, 2.75) is 19.8 Å². The highest BCUT2D eigenvalue weighted by Crippen LogP contribution is 2.35. The molecular formula is C13H12Cl2F2N2. The maximum Gasteiger partial charge on any atom is 0.280 e. The van der Waals surface area contributed by atoms with E-state index in [1.807, 2.05) is 6.92 Å². The van der Waals surface area contributed by atoms with Crippen LogP contribution in [0.5, 0.6) is 0 Å². The zero-order valence-electron chi connectivity index (χ0n) is 10.2. The number of benzene rings is 1. The van der Waals surface area contributed by atoms with Crippen LogP contribution in [-0.2, 0) is 0 Å². The largest absolute Gasteiger partial charge is 0.384 e. The Bertz CT molecular complexity index is 603. The number of anilines is 1. The lowest BCUT2D eigenvalue weighted by atomic mass is 10.1. The summed E-state index contributed by atoms with van der Waals surface area (Å²) in [6.07, 6.45) is -1.77. The fraction of sp³-hybridized carbons (Fsp3) is 0.308. The Morgan fingerprint density at radius 2 is 2.05 bits per heavy atom. The van der Waals surface area contributed by atoms with Gasteiger partial charge in [-0.15, -0.1) is 0 Å². The van der Waals surface area contributed by atoms with Gasteiger partial charge in [-0.3, -0.25) is 0 Å². The van der Waals surface area contributed by atoms with Crippen LogP contribution in [0.2, 0.25) is 10.0 Å². The first kappa shape index (κ1) is 14.3. The van der Waals surface area contributed by atoms with Crippen molar-refractivity contribution in [3.8, 4) is 0 Å². The summed E-state index contributed by atoms with van der Waals surface area (Å²) in [5, 5.41) is 4.29. The fourth-order valence-electron chi connectivity index (χ4n) is 1.77. The minimum absolute atomic E-state index is 0.196. The quantitative estimate of drug-likeness (QED) is 0.829. The van der Waals surface area contributed by atoms with E-state index in [0.29, 0.717) is 28.2 Å². The van der Waals surface area contributed by atoms with Gasteiger partial charge >= 0.3 is 0 Å². The van der Waals surface area contributed by atoms with Crippen LogP contribution >= 0.6 is 23.2 Å². The molecule has 0 amide bonds. The van der Waals surface area contributed by atoms with Crippen LogP contribution in [0, 0.1) is 0 Å². The van der Waals surface area contributed by atoms with Gasteiger partial charge in [0.25, 0.3) is 6.43 Å². The van der Waals surface area contributed by atoms with Crippen molar-refractivity contribution < 1.29 is 8.78 Å². The third-order valence-corrected chi connectivity index (χ3v) is 3.48. The summed E-state index contributed by atoms with van der Waals surface area (Å²) in [6, 6.07) is 4.71. The number of aromatic nitrogens is 1. The summed E-state index contributed by atoms with van der Waals surface area (Å²) in [5.74, 6) is 0. The van der Waals surface area contributed by atoms with Crippen LogP contribution in [-0.4, -0.2) is 11.5 Å². The standard InChI is InChI=1S/C13H12Cl2F2N2/c1-2-5-18-9-6-10(13(16)17)19-12-7(9)3-4-8(14)11(12)15/h3-4,6,13H,2,5H2,1H3,(H,18,19). The SMILES string of the molecule is CCCNc1cc(C(F)F)nc2c(Cl)c(Cl)ccc12. The van der Waals surface area contributed by atoms with E-state index < -0.39 is 6.43 Å². The number of hydrogen-bond donors (Lipinski definition) is 1. The molecule has 19 heavy (non-hydrogen) atoms. The molecule has 6 heteroatoms. The van der Waals surface area contributed by atoms with Crippen molar-refractivity contribution in [2.24, 2.45) is 0 Å². The van der Waals surface area contributed by atoms with Gasteiger partial charge in [-0.05, 0) is 24.6 Å². The normalized spacial score (nSPS) is 11.3. The number of halogens is 4. The van der Waals surface area contributed by atoms with E-state index in [2.05, 4.69) is 10.3 Å². The molecule has 2 rings (SSSR count). The predicted octanol–water partition coefficient (Wildman–Crippen LogP) is 5.30. The van der Waals surface area contributed by atoms with E-state index in [-0.39, 0.29) is 10.7 Å². The van der Waals surface area contributed by atoms with E-state index in [0.717, 1.165) is 6.42 Å². The first-order valence-electron chi connectivity index (χ1n) is 5.85. The number of fused-ring (bicyclic) bond motifs is 1. The molecule has 1 aromatic heterocycles. The molecule has 0 bridgehead atoms. The second-order valence-corrected chi connectivity index (χ2v) is 4.86. The smallest absolute Gasteiger partial charge is 0.280 e. The Morgan fingerprint density at radius 3 is 2.68 bits per heavy atom. The van der Waals surface area contributed by atoms with E-state index in [1.54, 1.807) is 12.1 Å². The van der Waals surface area contributed by atoms with Gasteiger partial charge in [0.15, 0.2) is 0 Å². The molecule has 0 radical (unpaired) electrons. The van der Waals surface area contributed by atoms with E-state index in [9.17, 15) is 8.78 Å². The Morgan fingerprint density at radius 1 is 1.32 bits per heavy atom. The summed E-state index contributed by atoms with van der Waals surface area (Å²) in [6.45, 7) is 2.68. The second-order valence-electron chi connectivity index (χ2n) is 4.08. The summed E-state index contributed by atoms with van der Waals surface area (Å²) in [7, 11) is 0.